The van der Waals surface area contributed by atoms with Crippen LogP contribution in [0.2, 0.25) is 0 Å². The lowest BCUT2D eigenvalue weighted by Crippen LogP contribution is -2.28. The number of hydrogen-bond acceptors (Lipinski definition) is 4. The molecule has 8 aromatic rings. The summed E-state index contributed by atoms with van der Waals surface area (Å²) >= 11 is 0. The third-order valence-corrected chi connectivity index (χ3v) is 11.6. The lowest BCUT2D eigenvalue weighted by atomic mass is 9.67. The molecule has 4 heteroatoms. The maximum Gasteiger partial charge on any atom is 0.164 e. The molecule has 1 spiro atoms. The van der Waals surface area contributed by atoms with Crippen LogP contribution in [0.25, 0.3) is 78.3 Å². The van der Waals surface area contributed by atoms with Crippen molar-refractivity contribution in [3.8, 4) is 73.6 Å². The predicted octanol–water partition coefficient (Wildman–Crippen LogP) is 12.5. The van der Waals surface area contributed by atoms with Crippen molar-refractivity contribution in [2.45, 2.75) is 37.5 Å². The first-order valence-electron chi connectivity index (χ1n) is 18.9. The van der Waals surface area contributed by atoms with E-state index < -0.39 is 0 Å². The largest absolute Gasteiger partial charge is 0.208 e. The van der Waals surface area contributed by atoms with Gasteiger partial charge in [-0.1, -0.05) is 165 Å². The van der Waals surface area contributed by atoms with E-state index in [1.54, 1.807) is 0 Å². The molecule has 1 saturated carbocycles. The van der Waals surface area contributed by atoms with Gasteiger partial charge in [0.1, 0.15) is 0 Å². The van der Waals surface area contributed by atoms with Gasteiger partial charge in [0, 0.05) is 22.1 Å². The molecule has 0 amide bonds. The lowest BCUT2D eigenvalue weighted by Gasteiger charge is -2.36. The van der Waals surface area contributed by atoms with Gasteiger partial charge < -0.3 is 0 Å². The second-order valence-corrected chi connectivity index (χ2v) is 14.6. The molecule has 0 radical (unpaired) electrons. The van der Waals surface area contributed by atoms with Crippen LogP contribution in [-0.2, 0) is 5.41 Å². The SMILES string of the molecule is N#Cc1ccc2c(c1)-c1c(-c3ccc(-c4ccc(-c5nc(-c6ccccc6)nc(-c6ccccc6)n5)cc4)c4ccccc34)cccc1C21CCCCC1. The van der Waals surface area contributed by atoms with Crippen LogP contribution in [0.5, 0.6) is 0 Å². The number of rotatable bonds is 5. The van der Waals surface area contributed by atoms with E-state index in [0.29, 0.717) is 17.5 Å². The van der Waals surface area contributed by atoms with Gasteiger partial charge in [0.15, 0.2) is 17.5 Å². The molecule has 2 aliphatic rings. The van der Waals surface area contributed by atoms with Crippen LogP contribution in [0.1, 0.15) is 48.8 Å². The van der Waals surface area contributed by atoms with Crippen molar-refractivity contribution in [3.63, 3.8) is 0 Å². The van der Waals surface area contributed by atoms with Crippen LogP contribution in [0.15, 0.2) is 158 Å². The van der Waals surface area contributed by atoms with Crippen LogP contribution >= 0.6 is 0 Å². The molecule has 0 saturated heterocycles. The van der Waals surface area contributed by atoms with E-state index in [9.17, 15) is 5.26 Å². The van der Waals surface area contributed by atoms with Gasteiger partial charge in [-0.25, -0.2) is 15.0 Å². The lowest BCUT2D eigenvalue weighted by molar-refractivity contribution is 0.353. The smallest absolute Gasteiger partial charge is 0.164 e. The second kappa shape index (κ2) is 13.1. The van der Waals surface area contributed by atoms with E-state index in [1.165, 1.54) is 69.0 Å². The van der Waals surface area contributed by atoms with Gasteiger partial charge in [0.2, 0.25) is 0 Å². The number of nitriles is 1. The Morgan fingerprint density at radius 1 is 0.426 bits per heavy atom. The summed E-state index contributed by atoms with van der Waals surface area (Å²) in [5, 5.41) is 12.3. The van der Waals surface area contributed by atoms with Gasteiger partial charge >= 0.3 is 0 Å². The summed E-state index contributed by atoms with van der Waals surface area (Å²) in [5.74, 6) is 1.94. The highest BCUT2D eigenvalue weighted by Gasteiger charge is 2.44. The van der Waals surface area contributed by atoms with Crippen molar-refractivity contribution in [2.24, 2.45) is 0 Å². The van der Waals surface area contributed by atoms with Gasteiger partial charge in [0.25, 0.3) is 0 Å². The van der Waals surface area contributed by atoms with Gasteiger partial charge in [-0.05, 0) is 80.3 Å². The number of benzene rings is 7. The average molecular weight is 693 g/mol. The normalized spacial score (nSPS) is 14.1. The van der Waals surface area contributed by atoms with Gasteiger partial charge in [-0.15, -0.1) is 0 Å². The Hall–Kier alpha value is -6.70. The summed E-state index contributed by atoms with van der Waals surface area (Å²) in [4.78, 5) is 14.8. The molecule has 4 nitrogen and oxygen atoms in total. The van der Waals surface area contributed by atoms with Crippen molar-refractivity contribution >= 4 is 10.8 Å². The summed E-state index contributed by atoms with van der Waals surface area (Å²) < 4.78 is 0. The zero-order chi connectivity index (χ0) is 36.1. The minimum absolute atomic E-state index is 0.0205. The maximum absolute atomic E-state index is 9.93. The summed E-state index contributed by atoms with van der Waals surface area (Å²) in [7, 11) is 0. The molecule has 1 fully saturated rings. The molecule has 0 bridgehead atoms. The number of fused-ring (bicyclic) bond motifs is 6. The molecule has 7 aromatic carbocycles. The van der Waals surface area contributed by atoms with Crippen molar-refractivity contribution < 1.29 is 0 Å². The van der Waals surface area contributed by atoms with E-state index in [2.05, 4.69) is 97.1 Å². The molecule has 1 aromatic heterocycles. The third kappa shape index (κ3) is 5.24. The standard InChI is InChI=1S/C50H36N4/c51-32-33-21-28-44-43(31-33)46-42(19-12-20-45(46)50(44)29-10-3-11-30-50)41-27-26-38(39-17-8-9-18-40(39)41)34-22-24-37(25-23-34)49-53-47(35-13-4-1-5-14-35)52-48(54-49)36-15-6-2-7-16-36/h1-2,4-9,12-28,31H,3,10-11,29-30H2. The molecule has 0 aliphatic heterocycles. The molecule has 1 heterocycles. The maximum atomic E-state index is 9.93. The van der Waals surface area contributed by atoms with Crippen molar-refractivity contribution in [2.75, 3.05) is 0 Å². The molecular formula is C50H36N4. The first kappa shape index (κ1) is 32.0. The van der Waals surface area contributed by atoms with Gasteiger partial charge in [-0.2, -0.15) is 5.26 Å². The molecule has 54 heavy (non-hydrogen) atoms. The molecule has 10 rings (SSSR count). The van der Waals surface area contributed by atoms with E-state index in [1.807, 2.05) is 66.7 Å². The molecule has 0 N–H and O–H groups in total. The minimum atomic E-state index is 0.0205. The summed E-state index contributed by atoms with van der Waals surface area (Å²) in [6.07, 6.45) is 6.06. The van der Waals surface area contributed by atoms with Crippen LogP contribution in [0.3, 0.4) is 0 Å². The molecule has 0 atom stereocenters. The van der Waals surface area contributed by atoms with Crippen molar-refractivity contribution in [1.29, 1.82) is 5.26 Å². The van der Waals surface area contributed by atoms with E-state index in [4.69, 9.17) is 15.0 Å². The Morgan fingerprint density at radius 3 is 1.61 bits per heavy atom. The highest BCUT2D eigenvalue weighted by molar-refractivity contribution is 6.08. The van der Waals surface area contributed by atoms with Crippen LogP contribution < -0.4 is 0 Å². The van der Waals surface area contributed by atoms with Crippen LogP contribution in [-0.4, -0.2) is 15.0 Å². The number of aromatic nitrogens is 3. The monoisotopic (exact) mass is 692 g/mol. The summed E-state index contributed by atoms with van der Waals surface area (Å²) in [5.41, 5.74) is 13.7. The Kier molecular flexibility index (Phi) is 7.74. The Balaban J connectivity index is 1.07. The zero-order valence-corrected chi connectivity index (χ0v) is 29.8. The average Bonchev–Trinajstić information content (AvgIpc) is 3.52. The fraction of sp³-hybridized carbons (Fsp3) is 0.120. The minimum Gasteiger partial charge on any atom is -0.208 e. The van der Waals surface area contributed by atoms with Crippen LogP contribution in [0, 0.1) is 11.3 Å². The Labute approximate surface area is 315 Å². The van der Waals surface area contributed by atoms with Gasteiger partial charge in [0.05, 0.1) is 11.6 Å². The summed E-state index contributed by atoms with van der Waals surface area (Å²) in [6.45, 7) is 0. The number of nitrogens with zero attached hydrogens (tertiary/aromatic N) is 4. The second-order valence-electron chi connectivity index (χ2n) is 14.6. The van der Waals surface area contributed by atoms with E-state index in [-0.39, 0.29) is 5.41 Å². The predicted molar refractivity (Wildman–Crippen MR) is 219 cm³/mol. The van der Waals surface area contributed by atoms with Crippen molar-refractivity contribution in [3.05, 3.63) is 174 Å². The fourth-order valence-electron chi connectivity index (χ4n) is 9.06. The summed E-state index contributed by atoms with van der Waals surface area (Å²) in [6, 6.07) is 57.8. The quantitative estimate of drug-likeness (QED) is 0.180. The highest BCUT2D eigenvalue weighted by Crippen LogP contribution is 2.58. The van der Waals surface area contributed by atoms with Crippen LogP contribution in [0.4, 0.5) is 0 Å². The van der Waals surface area contributed by atoms with Gasteiger partial charge in [-0.3, -0.25) is 0 Å². The third-order valence-electron chi connectivity index (χ3n) is 11.6. The first-order valence-corrected chi connectivity index (χ1v) is 18.9. The fourth-order valence-corrected chi connectivity index (χ4v) is 9.06. The molecular weight excluding hydrogens is 657 g/mol. The van der Waals surface area contributed by atoms with E-state index in [0.717, 1.165) is 40.7 Å². The number of hydrogen-bond donors (Lipinski definition) is 0. The first-order chi connectivity index (χ1) is 26.7. The topological polar surface area (TPSA) is 62.5 Å². The zero-order valence-electron chi connectivity index (χ0n) is 29.8. The Morgan fingerprint density at radius 2 is 0.981 bits per heavy atom. The molecule has 0 unspecified atom stereocenters. The van der Waals surface area contributed by atoms with E-state index >= 15 is 0 Å². The molecule has 2 aliphatic carbocycles. The Bertz CT molecular complexity index is 2680. The highest BCUT2D eigenvalue weighted by atomic mass is 15.0. The van der Waals surface area contributed by atoms with Crippen molar-refractivity contribution in [1.82, 2.24) is 15.0 Å². The molecule has 256 valence electrons.